The van der Waals surface area contributed by atoms with Gasteiger partial charge in [-0.05, 0) is 53.1 Å². The van der Waals surface area contributed by atoms with Crippen LogP contribution >= 0.6 is 0 Å². The Morgan fingerprint density at radius 3 is 2.59 bits per heavy atom. The summed E-state index contributed by atoms with van der Waals surface area (Å²) in [7, 11) is -3.28. The highest BCUT2D eigenvalue weighted by Gasteiger charge is 2.50. The fourth-order valence-electron chi connectivity index (χ4n) is 4.30. The number of benzene rings is 1. The molecule has 2 atom stereocenters. The average Bonchev–Trinajstić information content (AvgIpc) is 3.21. The first-order valence-electron chi connectivity index (χ1n) is 9.03. The van der Waals surface area contributed by atoms with E-state index in [1.807, 2.05) is 36.4 Å². The van der Waals surface area contributed by atoms with Crippen molar-refractivity contribution in [2.75, 3.05) is 13.1 Å². The highest BCUT2D eigenvalue weighted by molar-refractivity contribution is 7.92. The van der Waals surface area contributed by atoms with Gasteiger partial charge in [0.05, 0.1) is 15.8 Å². The van der Waals surface area contributed by atoms with Crippen LogP contribution in [0, 0.1) is 0 Å². The number of fused-ring (bicyclic) bond motifs is 3. The summed E-state index contributed by atoms with van der Waals surface area (Å²) in [4.78, 5) is 11.1. The van der Waals surface area contributed by atoms with Gasteiger partial charge in [0.25, 0.3) is 0 Å². The van der Waals surface area contributed by atoms with Crippen molar-refractivity contribution >= 4 is 9.84 Å². The number of nitrogens with zero attached hydrogens (tertiary/aromatic N) is 3. The van der Waals surface area contributed by atoms with Crippen molar-refractivity contribution in [2.24, 2.45) is 0 Å². The lowest BCUT2D eigenvalue weighted by molar-refractivity contribution is 0.321. The molecule has 1 fully saturated rings. The van der Waals surface area contributed by atoms with Gasteiger partial charge in [-0.1, -0.05) is 12.1 Å². The topological polar surface area (TPSA) is 63.2 Å². The first kappa shape index (κ1) is 16.6. The molecule has 5 nitrogen and oxygen atoms in total. The molecule has 0 spiro atoms. The molecule has 0 bridgehead atoms. The molecule has 6 heteroatoms. The quantitative estimate of drug-likeness (QED) is 0.702. The molecule has 1 aromatic carbocycles. The average molecular weight is 377 g/mol. The van der Waals surface area contributed by atoms with Crippen LogP contribution in [-0.4, -0.2) is 41.6 Å². The molecule has 4 heterocycles. The van der Waals surface area contributed by atoms with Gasteiger partial charge in [0.2, 0.25) is 0 Å². The number of aromatic nitrogens is 2. The van der Waals surface area contributed by atoms with Gasteiger partial charge in [-0.15, -0.1) is 0 Å². The largest absolute Gasteiger partial charge is 0.296 e. The Morgan fingerprint density at radius 1 is 0.963 bits per heavy atom. The van der Waals surface area contributed by atoms with E-state index in [0.717, 1.165) is 28.9 Å². The maximum Gasteiger partial charge on any atom is 0.183 e. The minimum Gasteiger partial charge on any atom is -0.296 e. The maximum absolute atomic E-state index is 13.1. The van der Waals surface area contributed by atoms with E-state index in [9.17, 15) is 8.42 Å². The standard InChI is InChI=1S/C21H19N3O2S/c25-27(26)20-5-4-16(15-6-9-22-10-7-15)11-18(20)19-13-24(14-21(19)27)12-17-3-1-2-8-23-17/h1-11,19,21H,12-14H2. The molecule has 2 aliphatic rings. The summed E-state index contributed by atoms with van der Waals surface area (Å²) in [6.07, 6.45) is 5.29. The number of hydrogen-bond donors (Lipinski definition) is 0. The smallest absolute Gasteiger partial charge is 0.183 e. The normalized spacial score (nSPS) is 23.1. The molecular formula is C21H19N3O2S. The summed E-state index contributed by atoms with van der Waals surface area (Å²) in [5, 5.41) is -0.357. The Kier molecular flexibility index (Phi) is 3.84. The van der Waals surface area contributed by atoms with Crippen LogP contribution in [0.5, 0.6) is 0 Å². The van der Waals surface area contributed by atoms with Gasteiger partial charge in [0.15, 0.2) is 9.84 Å². The lowest BCUT2D eigenvalue weighted by Crippen LogP contribution is -2.26. The van der Waals surface area contributed by atoms with Crippen LogP contribution in [-0.2, 0) is 16.4 Å². The summed E-state index contributed by atoms with van der Waals surface area (Å²) in [6.45, 7) is 1.98. The molecule has 1 saturated heterocycles. The van der Waals surface area contributed by atoms with Crippen LogP contribution in [0.4, 0.5) is 0 Å². The number of rotatable bonds is 3. The Bertz CT molecular complexity index is 1080. The van der Waals surface area contributed by atoms with Gasteiger partial charge in [-0.2, -0.15) is 0 Å². The van der Waals surface area contributed by atoms with E-state index in [4.69, 9.17) is 0 Å². The van der Waals surface area contributed by atoms with E-state index in [1.54, 1.807) is 24.7 Å². The lowest BCUT2D eigenvalue weighted by Gasteiger charge is -2.17. The number of sulfone groups is 1. The summed E-state index contributed by atoms with van der Waals surface area (Å²) in [6, 6.07) is 15.5. The van der Waals surface area contributed by atoms with Crippen LogP contribution in [0.3, 0.4) is 0 Å². The molecule has 0 amide bonds. The molecule has 2 unspecified atom stereocenters. The van der Waals surface area contributed by atoms with Crippen molar-refractivity contribution in [2.45, 2.75) is 22.6 Å². The molecule has 3 aromatic rings. The van der Waals surface area contributed by atoms with Crippen LogP contribution in [0.2, 0.25) is 0 Å². The summed E-state index contributed by atoms with van der Waals surface area (Å²) in [5.41, 5.74) is 4.02. The summed E-state index contributed by atoms with van der Waals surface area (Å²) < 4.78 is 26.1. The van der Waals surface area contributed by atoms with Crippen molar-refractivity contribution < 1.29 is 8.42 Å². The van der Waals surface area contributed by atoms with E-state index in [0.29, 0.717) is 18.0 Å². The zero-order valence-electron chi connectivity index (χ0n) is 14.7. The van der Waals surface area contributed by atoms with Gasteiger partial charge in [-0.3, -0.25) is 14.9 Å². The number of pyridine rings is 2. The molecule has 5 rings (SSSR count). The van der Waals surface area contributed by atoms with Crippen LogP contribution in [0.15, 0.2) is 72.0 Å². The third kappa shape index (κ3) is 2.76. The Hall–Kier alpha value is -2.57. The molecule has 0 radical (unpaired) electrons. The zero-order valence-corrected chi connectivity index (χ0v) is 15.5. The Morgan fingerprint density at radius 2 is 1.81 bits per heavy atom. The molecule has 27 heavy (non-hydrogen) atoms. The Balaban J connectivity index is 1.49. The zero-order chi connectivity index (χ0) is 18.4. The molecule has 136 valence electrons. The van der Waals surface area contributed by atoms with E-state index >= 15 is 0 Å². The second kappa shape index (κ2) is 6.25. The van der Waals surface area contributed by atoms with Gasteiger partial charge in [0, 0.05) is 44.1 Å². The van der Waals surface area contributed by atoms with Crippen molar-refractivity contribution in [3.63, 3.8) is 0 Å². The van der Waals surface area contributed by atoms with Crippen molar-refractivity contribution in [1.82, 2.24) is 14.9 Å². The molecule has 0 N–H and O–H groups in total. The van der Waals surface area contributed by atoms with Crippen LogP contribution in [0.25, 0.3) is 11.1 Å². The van der Waals surface area contributed by atoms with Gasteiger partial charge < -0.3 is 0 Å². The van der Waals surface area contributed by atoms with E-state index in [1.165, 1.54) is 0 Å². The molecule has 2 aliphatic heterocycles. The van der Waals surface area contributed by atoms with E-state index in [-0.39, 0.29) is 11.2 Å². The van der Waals surface area contributed by atoms with Crippen molar-refractivity contribution in [1.29, 1.82) is 0 Å². The molecule has 0 aliphatic carbocycles. The summed E-state index contributed by atoms with van der Waals surface area (Å²) >= 11 is 0. The third-order valence-electron chi connectivity index (χ3n) is 5.58. The number of hydrogen-bond acceptors (Lipinski definition) is 5. The lowest BCUT2D eigenvalue weighted by atomic mass is 9.95. The Labute approximate surface area is 158 Å². The molecule has 2 aromatic heterocycles. The monoisotopic (exact) mass is 377 g/mol. The SMILES string of the molecule is O=S1(=O)c2ccc(-c3ccncc3)cc2C2CN(Cc3ccccn3)CC21. The first-order chi connectivity index (χ1) is 13.1. The fraction of sp³-hybridized carbons (Fsp3) is 0.238. The maximum atomic E-state index is 13.1. The highest BCUT2D eigenvalue weighted by Crippen LogP contribution is 2.46. The second-order valence-corrected chi connectivity index (χ2v) is 9.33. The van der Waals surface area contributed by atoms with Gasteiger partial charge >= 0.3 is 0 Å². The van der Waals surface area contributed by atoms with E-state index in [2.05, 4.69) is 20.9 Å². The third-order valence-corrected chi connectivity index (χ3v) is 7.84. The molecule has 0 saturated carbocycles. The summed E-state index contributed by atoms with van der Waals surface area (Å²) in [5.74, 6) is 0.0236. The highest BCUT2D eigenvalue weighted by atomic mass is 32.2. The fourth-order valence-corrected chi connectivity index (χ4v) is 6.49. The second-order valence-electron chi connectivity index (χ2n) is 7.19. The van der Waals surface area contributed by atoms with E-state index < -0.39 is 9.84 Å². The first-order valence-corrected chi connectivity index (χ1v) is 10.6. The number of likely N-dealkylation sites (tertiary alicyclic amines) is 1. The minimum absolute atomic E-state index is 0.0236. The predicted octanol–water partition coefficient (Wildman–Crippen LogP) is 2.90. The van der Waals surface area contributed by atoms with Gasteiger partial charge in [-0.25, -0.2) is 8.42 Å². The predicted molar refractivity (Wildman–Crippen MR) is 103 cm³/mol. The van der Waals surface area contributed by atoms with Gasteiger partial charge in [0.1, 0.15) is 0 Å². The van der Waals surface area contributed by atoms with Crippen molar-refractivity contribution in [3.8, 4) is 11.1 Å². The van der Waals surface area contributed by atoms with Crippen molar-refractivity contribution in [3.05, 3.63) is 78.4 Å². The van der Waals surface area contributed by atoms with Crippen LogP contribution in [0.1, 0.15) is 17.2 Å². The molecular weight excluding hydrogens is 358 g/mol. The minimum atomic E-state index is -3.28. The van der Waals surface area contributed by atoms with Crippen LogP contribution < -0.4 is 0 Å².